The molecule has 5 rings (SSSR count). The first-order valence-corrected chi connectivity index (χ1v) is 10.4. The van der Waals surface area contributed by atoms with Crippen LogP contribution in [0.5, 0.6) is 0 Å². The number of likely N-dealkylation sites (tertiary alicyclic amines) is 1. The third-order valence-electron chi connectivity index (χ3n) is 6.85. The molecule has 6 nitrogen and oxygen atoms in total. The van der Waals surface area contributed by atoms with Crippen molar-refractivity contribution < 1.29 is 14.0 Å². The Balaban J connectivity index is 1.45. The summed E-state index contributed by atoms with van der Waals surface area (Å²) in [4.78, 5) is 29.9. The van der Waals surface area contributed by atoms with Gasteiger partial charge >= 0.3 is 0 Å². The van der Waals surface area contributed by atoms with Gasteiger partial charge in [-0.05, 0) is 61.3 Å². The van der Waals surface area contributed by atoms with E-state index in [9.17, 15) is 14.0 Å². The smallest absolute Gasteiger partial charge is 0.271 e. The van der Waals surface area contributed by atoms with Crippen molar-refractivity contribution in [2.75, 3.05) is 13.1 Å². The first-order chi connectivity index (χ1) is 14.1. The van der Waals surface area contributed by atoms with Gasteiger partial charge in [0.25, 0.3) is 5.91 Å². The Morgan fingerprint density at radius 1 is 1.24 bits per heavy atom. The molecule has 152 valence electrons. The number of piperidine rings is 3. The predicted octanol–water partition coefficient (Wildman–Crippen LogP) is 2.63. The van der Waals surface area contributed by atoms with Crippen molar-refractivity contribution in [3.63, 3.8) is 0 Å². The molecule has 1 N–H and O–H groups in total. The molecule has 0 spiro atoms. The van der Waals surface area contributed by atoms with Gasteiger partial charge in [0.15, 0.2) is 0 Å². The minimum absolute atomic E-state index is 0.00298. The Kier molecular flexibility index (Phi) is 4.60. The number of nitrogens with one attached hydrogen (secondary N) is 1. The molecule has 0 saturated carbocycles. The van der Waals surface area contributed by atoms with Crippen LogP contribution in [0.4, 0.5) is 4.39 Å². The highest BCUT2D eigenvalue weighted by atomic mass is 19.1. The zero-order valence-corrected chi connectivity index (χ0v) is 16.3. The van der Waals surface area contributed by atoms with Gasteiger partial charge < -0.3 is 9.80 Å². The second-order valence-electron chi connectivity index (χ2n) is 8.60. The number of benzene rings is 1. The van der Waals surface area contributed by atoms with Crippen molar-refractivity contribution in [2.45, 2.75) is 44.2 Å². The zero-order chi connectivity index (χ0) is 20.0. The van der Waals surface area contributed by atoms with Crippen molar-refractivity contribution in [3.8, 4) is 0 Å². The number of halogens is 1. The number of fused-ring (bicyclic) bond motifs is 4. The lowest BCUT2D eigenvalue weighted by molar-refractivity contribution is -0.151. The van der Waals surface area contributed by atoms with E-state index >= 15 is 0 Å². The second-order valence-corrected chi connectivity index (χ2v) is 8.60. The molecule has 2 aromatic rings. The standard InChI is InChI=1S/C22H25FN4O2/c23-17-4-1-3-14(9-17)10-20-16-11-15(19-5-2-6-21(28)27(19)20)12-26(13-16)22(29)18-7-8-24-25-18/h1,3-4,7-9,15-16,19-20H,2,5-6,10-13H2,(H,24,25)/t15-,16+,19+,20+/m1/s1. The van der Waals surface area contributed by atoms with E-state index < -0.39 is 0 Å². The van der Waals surface area contributed by atoms with E-state index in [1.54, 1.807) is 24.4 Å². The SMILES string of the molecule is O=C(c1ccn[nH]1)N1C[C@H]2C[C@@H](C1)[C@H](Cc1cccc(F)c1)N1C(=O)CCC[C@@H]21. The van der Waals surface area contributed by atoms with Gasteiger partial charge in [-0.15, -0.1) is 0 Å². The number of rotatable bonds is 3. The summed E-state index contributed by atoms with van der Waals surface area (Å²) >= 11 is 0. The summed E-state index contributed by atoms with van der Waals surface area (Å²) in [6.07, 6.45) is 5.71. The molecule has 7 heteroatoms. The quantitative estimate of drug-likeness (QED) is 0.867. The van der Waals surface area contributed by atoms with Crippen LogP contribution in [0.15, 0.2) is 36.5 Å². The topological polar surface area (TPSA) is 69.3 Å². The monoisotopic (exact) mass is 396 g/mol. The molecule has 3 aliphatic heterocycles. The Labute approximate surface area is 169 Å². The van der Waals surface area contributed by atoms with E-state index in [-0.39, 0.29) is 35.6 Å². The molecular formula is C22H25FN4O2. The number of carbonyl (C=O) groups excluding carboxylic acids is 2. The summed E-state index contributed by atoms with van der Waals surface area (Å²) in [5, 5.41) is 6.68. The number of H-pyrrole nitrogens is 1. The number of aromatic nitrogens is 2. The molecule has 0 radical (unpaired) electrons. The Morgan fingerprint density at radius 2 is 2.10 bits per heavy atom. The fourth-order valence-corrected chi connectivity index (χ4v) is 5.65. The summed E-state index contributed by atoms with van der Waals surface area (Å²) in [7, 11) is 0. The summed E-state index contributed by atoms with van der Waals surface area (Å²) in [5.74, 6) is 0.427. The Morgan fingerprint density at radius 3 is 2.90 bits per heavy atom. The Hall–Kier alpha value is -2.70. The van der Waals surface area contributed by atoms with Gasteiger partial charge in [0, 0.05) is 37.8 Å². The molecule has 0 unspecified atom stereocenters. The normalized spacial score (nSPS) is 28.9. The van der Waals surface area contributed by atoms with Gasteiger partial charge in [0.1, 0.15) is 11.5 Å². The van der Waals surface area contributed by atoms with E-state index in [0.29, 0.717) is 37.5 Å². The summed E-state index contributed by atoms with van der Waals surface area (Å²) < 4.78 is 13.8. The van der Waals surface area contributed by atoms with Crippen molar-refractivity contribution in [1.29, 1.82) is 0 Å². The molecular weight excluding hydrogens is 371 g/mol. The maximum atomic E-state index is 13.8. The van der Waals surface area contributed by atoms with Crippen molar-refractivity contribution in [3.05, 3.63) is 53.6 Å². The van der Waals surface area contributed by atoms with Crippen LogP contribution in [0.1, 0.15) is 41.7 Å². The summed E-state index contributed by atoms with van der Waals surface area (Å²) in [5.41, 5.74) is 1.41. The number of aromatic amines is 1. The van der Waals surface area contributed by atoms with Crippen LogP contribution in [-0.4, -0.2) is 57.0 Å². The molecule has 1 aromatic heterocycles. The van der Waals surface area contributed by atoms with Crippen LogP contribution < -0.4 is 0 Å². The number of nitrogens with zero attached hydrogens (tertiary/aromatic N) is 3. The first kappa shape index (κ1) is 18.3. The largest absolute Gasteiger partial charge is 0.337 e. The molecule has 29 heavy (non-hydrogen) atoms. The van der Waals surface area contributed by atoms with E-state index in [1.807, 2.05) is 11.0 Å². The maximum absolute atomic E-state index is 13.8. The molecule has 4 heterocycles. The molecule has 3 fully saturated rings. The average Bonchev–Trinajstić information content (AvgIpc) is 3.25. The van der Waals surface area contributed by atoms with Crippen molar-refractivity contribution in [2.24, 2.45) is 11.8 Å². The highest BCUT2D eigenvalue weighted by Gasteiger charge is 2.50. The van der Waals surface area contributed by atoms with Crippen molar-refractivity contribution in [1.82, 2.24) is 20.0 Å². The number of hydrogen-bond acceptors (Lipinski definition) is 3. The van der Waals surface area contributed by atoms with Crippen LogP contribution >= 0.6 is 0 Å². The molecule has 1 aromatic carbocycles. The number of carbonyl (C=O) groups is 2. The van der Waals surface area contributed by atoms with Crippen LogP contribution in [0, 0.1) is 17.7 Å². The van der Waals surface area contributed by atoms with Gasteiger partial charge in [-0.1, -0.05) is 12.1 Å². The van der Waals surface area contributed by atoms with Crippen LogP contribution in [-0.2, 0) is 11.2 Å². The number of amides is 2. The highest BCUT2D eigenvalue weighted by molar-refractivity contribution is 5.92. The fourth-order valence-electron chi connectivity index (χ4n) is 5.65. The molecule has 4 atom stereocenters. The molecule has 2 bridgehead atoms. The predicted molar refractivity (Wildman–Crippen MR) is 104 cm³/mol. The van der Waals surface area contributed by atoms with Gasteiger partial charge in [0.05, 0.1) is 0 Å². The van der Waals surface area contributed by atoms with E-state index in [2.05, 4.69) is 15.1 Å². The van der Waals surface area contributed by atoms with E-state index in [1.165, 1.54) is 6.07 Å². The lowest BCUT2D eigenvalue weighted by Gasteiger charge is -2.56. The van der Waals surface area contributed by atoms with E-state index in [4.69, 9.17) is 0 Å². The second kappa shape index (κ2) is 7.28. The third kappa shape index (κ3) is 3.32. The molecule has 3 aliphatic rings. The highest BCUT2D eigenvalue weighted by Crippen LogP contribution is 2.42. The van der Waals surface area contributed by atoms with Crippen LogP contribution in [0.3, 0.4) is 0 Å². The van der Waals surface area contributed by atoms with Crippen LogP contribution in [0.2, 0.25) is 0 Å². The molecule has 2 amide bonds. The zero-order valence-electron chi connectivity index (χ0n) is 16.3. The van der Waals surface area contributed by atoms with Gasteiger partial charge in [-0.3, -0.25) is 14.7 Å². The summed E-state index contributed by atoms with van der Waals surface area (Å²) in [6.45, 7) is 1.29. The van der Waals surface area contributed by atoms with Crippen molar-refractivity contribution >= 4 is 11.8 Å². The van der Waals surface area contributed by atoms with E-state index in [0.717, 1.165) is 24.8 Å². The molecule has 0 aliphatic carbocycles. The van der Waals surface area contributed by atoms with Gasteiger partial charge in [-0.25, -0.2) is 4.39 Å². The van der Waals surface area contributed by atoms with Gasteiger partial charge in [0.2, 0.25) is 5.91 Å². The fraction of sp³-hybridized carbons (Fsp3) is 0.500. The maximum Gasteiger partial charge on any atom is 0.271 e. The summed E-state index contributed by atoms with van der Waals surface area (Å²) in [6, 6.07) is 8.53. The average molecular weight is 396 g/mol. The molecule has 3 saturated heterocycles. The minimum Gasteiger partial charge on any atom is -0.337 e. The van der Waals surface area contributed by atoms with Crippen LogP contribution in [0.25, 0.3) is 0 Å². The van der Waals surface area contributed by atoms with Gasteiger partial charge in [-0.2, -0.15) is 5.10 Å². The minimum atomic E-state index is -0.252. The lowest BCUT2D eigenvalue weighted by atomic mass is 9.70. The first-order valence-electron chi connectivity index (χ1n) is 10.4. The third-order valence-corrected chi connectivity index (χ3v) is 6.85. The lowest BCUT2D eigenvalue weighted by Crippen LogP contribution is -2.66. The number of hydrogen-bond donors (Lipinski definition) is 1. The Bertz CT molecular complexity index is 915.